The molecule has 0 bridgehead atoms. The van der Waals surface area contributed by atoms with E-state index in [-0.39, 0.29) is 11.8 Å². The second-order valence-corrected chi connectivity index (χ2v) is 2.60. The van der Waals surface area contributed by atoms with Crippen LogP contribution >= 0.6 is 0 Å². The van der Waals surface area contributed by atoms with Gasteiger partial charge in [-0.05, 0) is 0 Å². The summed E-state index contributed by atoms with van der Waals surface area (Å²) in [5.41, 5.74) is 1.55. The van der Waals surface area contributed by atoms with E-state index in [0.29, 0.717) is 0 Å². The van der Waals surface area contributed by atoms with Crippen molar-refractivity contribution >= 4 is 17.5 Å². The summed E-state index contributed by atoms with van der Waals surface area (Å²) in [6.07, 6.45) is -1.78. The number of rotatable bonds is 5. The summed E-state index contributed by atoms with van der Waals surface area (Å²) in [4.78, 5) is 16.8. The van der Waals surface area contributed by atoms with Gasteiger partial charge in [0.1, 0.15) is 6.20 Å². The number of nitrogens with zero attached hydrogens (tertiary/aromatic N) is 3. The Bertz CT molecular complexity index is 387. The van der Waals surface area contributed by atoms with Crippen LogP contribution in [0.15, 0.2) is 6.20 Å². The van der Waals surface area contributed by atoms with Crippen LogP contribution < -0.4 is 16.6 Å². The molecule has 1 heterocycles. The van der Waals surface area contributed by atoms with Crippen LogP contribution in [0.25, 0.3) is 0 Å². The molecule has 0 aliphatic heterocycles. The first kappa shape index (κ1) is 12.0. The second kappa shape index (κ2) is 5.11. The number of nitrogens with two attached hydrogens (primary N) is 1. The highest BCUT2D eigenvalue weighted by Crippen LogP contribution is 2.21. The van der Waals surface area contributed by atoms with Crippen molar-refractivity contribution in [3.8, 4) is 0 Å². The smallest absolute Gasteiger partial charge is 0.329 e. The molecule has 8 nitrogen and oxygen atoms in total. The molecule has 10 heteroatoms. The number of hydrazine groups is 1. The third-order valence-corrected chi connectivity index (χ3v) is 1.52. The minimum Gasteiger partial charge on any atom is -0.358 e. The van der Waals surface area contributed by atoms with Gasteiger partial charge in [0.15, 0.2) is 0 Å². The molecule has 0 radical (unpaired) electrons. The van der Waals surface area contributed by atoms with Gasteiger partial charge in [-0.3, -0.25) is 15.5 Å². The van der Waals surface area contributed by atoms with E-state index in [4.69, 9.17) is 5.84 Å². The van der Waals surface area contributed by atoms with Crippen molar-refractivity contribution in [1.82, 2.24) is 9.97 Å². The first-order valence-electron chi connectivity index (χ1n) is 4.04. The maximum Gasteiger partial charge on any atom is 0.329 e. The van der Waals surface area contributed by atoms with Crippen molar-refractivity contribution in [3.05, 3.63) is 16.3 Å². The number of nitrogens with one attached hydrogen (secondary N) is 2. The topological polar surface area (TPSA) is 119 Å². The number of nitrogen functional groups attached to an aromatic ring is 1. The lowest BCUT2D eigenvalue weighted by Gasteiger charge is -2.06. The number of hydrogen-bond donors (Lipinski definition) is 3. The van der Waals surface area contributed by atoms with Crippen LogP contribution in [-0.4, -0.2) is 27.9 Å². The molecule has 0 unspecified atom stereocenters. The van der Waals surface area contributed by atoms with Gasteiger partial charge in [0, 0.05) is 0 Å². The molecule has 0 aromatic carbocycles. The molecule has 1 aromatic rings. The van der Waals surface area contributed by atoms with E-state index >= 15 is 0 Å². The van der Waals surface area contributed by atoms with Crippen LogP contribution in [0.2, 0.25) is 0 Å². The van der Waals surface area contributed by atoms with Gasteiger partial charge < -0.3 is 5.32 Å². The number of anilines is 2. The Morgan fingerprint density at radius 2 is 2.31 bits per heavy atom. The van der Waals surface area contributed by atoms with E-state index in [9.17, 15) is 18.9 Å². The van der Waals surface area contributed by atoms with Crippen LogP contribution in [0.5, 0.6) is 0 Å². The zero-order chi connectivity index (χ0) is 12.1. The van der Waals surface area contributed by atoms with Crippen molar-refractivity contribution in [3.63, 3.8) is 0 Å². The minimum absolute atomic E-state index is 0.109. The van der Waals surface area contributed by atoms with Gasteiger partial charge >= 0.3 is 5.69 Å². The lowest BCUT2D eigenvalue weighted by atomic mass is 10.4. The van der Waals surface area contributed by atoms with Gasteiger partial charge in [-0.25, -0.2) is 19.6 Å². The number of alkyl halides is 2. The van der Waals surface area contributed by atoms with Crippen LogP contribution in [0.4, 0.5) is 26.2 Å². The molecule has 0 fully saturated rings. The van der Waals surface area contributed by atoms with Crippen molar-refractivity contribution in [2.45, 2.75) is 6.43 Å². The fraction of sp³-hybridized carbons (Fsp3) is 0.333. The van der Waals surface area contributed by atoms with Crippen molar-refractivity contribution in [1.29, 1.82) is 0 Å². The first-order valence-corrected chi connectivity index (χ1v) is 4.04. The average Bonchev–Trinajstić information content (AvgIpc) is 2.25. The predicted octanol–water partition coefficient (Wildman–Crippen LogP) is 0.347. The second-order valence-electron chi connectivity index (χ2n) is 2.60. The van der Waals surface area contributed by atoms with Crippen LogP contribution in [0.3, 0.4) is 0 Å². The summed E-state index contributed by atoms with van der Waals surface area (Å²) in [5.74, 6) is 4.56. The quantitative estimate of drug-likeness (QED) is 0.382. The summed E-state index contributed by atoms with van der Waals surface area (Å²) in [6.45, 7) is -0.748. The fourth-order valence-corrected chi connectivity index (χ4v) is 0.883. The van der Waals surface area contributed by atoms with Gasteiger partial charge in [-0.2, -0.15) is 4.98 Å². The summed E-state index contributed by atoms with van der Waals surface area (Å²) in [7, 11) is 0. The molecule has 0 aliphatic carbocycles. The van der Waals surface area contributed by atoms with E-state index in [0.717, 1.165) is 6.20 Å². The molecule has 0 atom stereocenters. The molecular weight excluding hydrogens is 226 g/mol. The van der Waals surface area contributed by atoms with Crippen LogP contribution in [0.1, 0.15) is 0 Å². The Balaban J connectivity index is 2.96. The summed E-state index contributed by atoms with van der Waals surface area (Å²) in [5, 5.41) is 12.6. The largest absolute Gasteiger partial charge is 0.358 e. The van der Waals surface area contributed by atoms with E-state index in [1.165, 1.54) is 0 Å². The van der Waals surface area contributed by atoms with E-state index in [1.54, 1.807) is 0 Å². The SMILES string of the molecule is NNc1ncc([N+](=O)[O-])c(NCC(F)F)n1. The number of halogens is 2. The maximum absolute atomic E-state index is 11.9. The average molecular weight is 234 g/mol. The molecule has 1 rings (SSSR count). The number of hydrogen-bond acceptors (Lipinski definition) is 7. The Hall–Kier alpha value is -2.10. The first-order chi connectivity index (χ1) is 7.54. The highest BCUT2D eigenvalue weighted by atomic mass is 19.3. The van der Waals surface area contributed by atoms with Crippen molar-refractivity contribution in [2.24, 2.45) is 5.84 Å². The monoisotopic (exact) mass is 234 g/mol. The molecule has 4 N–H and O–H groups in total. The zero-order valence-corrected chi connectivity index (χ0v) is 7.85. The van der Waals surface area contributed by atoms with Crippen LogP contribution in [0, 0.1) is 10.1 Å². The number of nitro groups is 1. The molecule has 0 saturated heterocycles. The highest BCUT2D eigenvalue weighted by Gasteiger charge is 2.17. The molecular formula is C6H8F2N6O2. The lowest BCUT2D eigenvalue weighted by molar-refractivity contribution is -0.384. The molecule has 1 aromatic heterocycles. The van der Waals surface area contributed by atoms with Gasteiger partial charge in [-0.1, -0.05) is 0 Å². The van der Waals surface area contributed by atoms with E-state index in [1.807, 2.05) is 5.43 Å². The Labute approximate surface area is 88.0 Å². The summed E-state index contributed by atoms with van der Waals surface area (Å²) in [6, 6.07) is 0. The van der Waals surface area contributed by atoms with Crippen molar-refractivity contribution < 1.29 is 13.7 Å². The molecule has 88 valence electrons. The molecule has 0 saturated carbocycles. The number of aromatic nitrogens is 2. The third-order valence-electron chi connectivity index (χ3n) is 1.52. The predicted molar refractivity (Wildman–Crippen MR) is 51.0 cm³/mol. The van der Waals surface area contributed by atoms with E-state index in [2.05, 4.69) is 15.3 Å². The van der Waals surface area contributed by atoms with Crippen LogP contribution in [-0.2, 0) is 0 Å². The molecule has 0 spiro atoms. The fourth-order valence-electron chi connectivity index (χ4n) is 0.883. The van der Waals surface area contributed by atoms with Gasteiger partial charge in [0.05, 0.1) is 11.5 Å². The minimum atomic E-state index is -2.65. The van der Waals surface area contributed by atoms with Gasteiger partial charge in [0.2, 0.25) is 11.8 Å². The molecule has 0 amide bonds. The Morgan fingerprint density at radius 3 is 2.81 bits per heavy atom. The summed E-state index contributed by atoms with van der Waals surface area (Å²) < 4.78 is 23.8. The Morgan fingerprint density at radius 1 is 1.62 bits per heavy atom. The standard InChI is InChI=1S/C6H8F2N6O2/c7-4(8)2-10-5-3(14(15)16)1-11-6(12-5)13-9/h1,4H,2,9H2,(H2,10,11,12,13). The molecule has 0 aliphatic rings. The normalized spacial score (nSPS) is 10.2. The lowest BCUT2D eigenvalue weighted by Crippen LogP contribution is -2.16. The van der Waals surface area contributed by atoms with Gasteiger partial charge in [0.25, 0.3) is 6.43 Å². The highest BCUT2D eigenvalue weighted by molar-refractivity contribution is 5.56. The maximum atomic E-state index is 11.9. The van der Waals surface area contributed by atoms with Crippen molar-refractivity contribution in [2.75, 3.05) is 17.3 Å². The van der Waals surface area contributed by atoms with Gasteiger partial charge in [-0.15, -0.1) is 0 Å². The zero-order valence-electron chi connectivity index (χ0n) is 7.85. The third kappa shape index (κ3) is 2.95. The van der Waals surface area contributed by atoms with E-state index < -0.39 is 23.6 Å². The Kier molecular flexibility index (Phi) is 3.83. The summed E-state index contributed by atoms with van der Waals surface area (Å²) >= 11 is 0. The molecule has 16 heavy (non-hydrogen) atoms.